The molecule has 0 aliphatic carbocycles. The van der Waals surface area contributed by atoms with Crippen molar-refractivity contribution in [3.05, 3.63) is 53.6 Å². The fourth-order valence-electron chi connectivity index (χ4n) is 2.69. The normalized spacial score (nSPS) is 15.4. The molecule has 8 nitrogen and oxygen atoms in total. The minimum absolute atomic E-state index is 0.0607. The number of rotatable bonds is 8. The van der Waals surface area contributed by atoms with Gasteiger partial charge in [-0.15, -0.1) is 0 Å². The van der Waals surface area contributed by atoms with Gasteiger partial charge in [0.05, 0.1) is 6.61 Å². The largest absolute Gasteiger partial charge is 0.467 e. The van der Waals surface area contributed by atoms with Crippen molar-refractivity contribution in [3.63, 3.8) is 0 Å². The standard InChI is InChI=1S/C20H19ClN2O6/c1-2-27-12-11-20(17(24)22-19(26)23-18(20)25)29-16-9-7-15(8-10-16)28-14-5-3-13(21)4-6-14/h3-10H,2,11-12H2,1H3,(H2,22,23,24,25,26). The average molecular weight is 419 g/mol. The van der Waals surface area contributed by atoms with Crippen molar-refractivity contribution in [1.82, 2.24) is 10.6 Å². The number of benzene rings is 2. The molecule has 3 rings (SSSR count). The molecule has 2 aromatic carbocycles. The Kier molecular flexibility index (Phi) is 6.36. The highest BCUT2D eigenvalue weighted by Gasteiger charge is 2.52. The molecule has 0 aromatic heterocycles. The number of ether oxygens (including phenoxy) is 3. The highest BCUT2D eigenvalue weighted by molar-refractivity contribution is 6.30. The predicted molar refractivity (Wildman–Crippen MR) is 104 cm³/mol. The first-order valence-corrected chi connectivity index (χ1v) is 9.28. The highest BCUT2D eigenvalue weighted by atomic mass is 35.5. The van der Waals surface area contributed by atoms with Crippen LogP contribution < -0.4 is 20.1 Å². The third kappa shape index (κ3) is 4.85. The summed E-state index contributed by atoms with van der Waals surface area (Å²) >= 11 is 5.85. The van der Waals surface area contributed by atoms with Crippen molar-refractivity contribution >= 4 is 29.4 Å². The van der Waals surface area contributed by atoms with E-state index < -0.39 is 23.4 Å². The van der Waals surface area contributed by atoms with Gasteiger partial charge in [0.2, 0.25) is 0 Å². The van der Waals surface area contributed by atoms with Crippen molar-refractivity contribution in [2.45, 2.75) is 18.9 Å². The Bertz CT molecular complexity index is 878. The topological polar surface area (TPSA) is 103 Å². The van der Waals surface area contributed by atoms with Gasteiger partial charge in [-0.05, 0) is 55.5 Å². The summed E-state index contributed by atoms with van der Waals surface area (Å²) in [4.78, 5) is 36.3. The van der Waals surface area contributed by atoms with E-state index in [2.05, 4.69) is 10.6 Å². The highest BCUT2D eigenvalue weighted by Crippen LogP contribution is 2.28. The smallest absolute Gasteiger partial charge is 0.328 e. The lowest BCUT2D eigenvalue weighted by molar-refractivity contribution is -0.153. The summed E-state index contributed by atoms with van der Waals surface area (Å²) in [6.07, 6.45) is -0.0607. The van der Waals surface area contributed by atoms with E-state index in [0.717, 1.165) is 0 Å². The molecule has 1 fully saturated rings. The summed E-state index contributed by atoms with van der Waals surface area (Å²) in [6, 6.07) is 12.4. The third-order valence-electron chi connectivity index (χ3n) is 4.16. The van der Waals surface area contributed by atoms with E-state index in [-0.39, 0.29) is 18.8 Å². The molecular weight excluding hydrogens is 400 g/mol. The van der Waals surface area contributed by atoms with Gasteiger partial charge in [0.25, 0.3) is 17.4 Å². The zero-order valence-corrected chi connectivity index (χ0v) is 16.3. The van der Waals surface area contributed by atoms with Crippen molar-refractivity contribution < 1.29 is 28.6 Å². The van der Waals surface area contributed by atoms with E-state index in [1.54, 1.807) is 55.5 Å². The Morgan fingerprint density at radius 1 is 0.862 bits per heavy atom. The fraction of sp³-hybridized carbons (Fsp3) is 0.250. The van der Waals surface area contributed by atoms with Crippen LogP contribution in [0.15, 0.2) is 48.5 Å². The molecule has 152 valence electrons. The Hall–Kier alpha value is -3.10. The first-order valence-electron chi connectivity index (χ1n) is 8.90. The maximum atomic E-state index is 12.5. The number of hydrogen-bond donors (Lipinski definition) is 2. The molecule has 9 heteroatoms. The number of halogens is 1. The molecule has 2 aromatic rings. The molecule has 0 atom stereocenters. The summed E-state index contributed by atoms with van der Waals surface area (Å²) in [5, 5.41) is 4.74. The number of amides is 4. The van der Waals surface area contributed by atoms with Crippen LogP contribution in [0, 0.1) is 0 Å². The summed E-state index contributed by atoms with van der Waals surface area (Å²) in [7, 11) is 0. The van der Waals surface area contributed by atoms with Crippen LogP contribution in [-0.2, 0) is 14.3 Å². The van der Waals surface area contributed by atoms with E-state index in [1.165, 1.54) is 0 Å². The van der Waals surface area contributed by atoms with Crippen LogP contribution in [0.3, 0.4) is 0 Å². The van der Waals surface area contributed by atoms with Crippen LogP contribution in [0.4, 0.5) is 4.79 Å². The number of barbiturate groups is 1. The number of hydrogen-bond acceptors (Lipinski definition) is 6. The average Bonchev–Trinajstić information content (AvgIpc) is 2.69. The molecule has 1 aliphatic rings. The maximum Gasteiger partial charge on any atom is 0.328 e. The first-order chi connectivity index (χ1) is 13.9. The fourth-order valence-corrected chi connectivity index (χ4v) is 2.82. The molecule has 1 saturated heterocycles. The van der Waals surface area contributed by atoms with Gasteiger partial charge in [0.15, 0.2) is 0 Å². The molecule has 0 bridgehead atoms. The molecule has 29 heavy (non-hydrogen) atoms. The zero-order valence-electron chi connectivity index (χ0n) is 15.6. The van der Waals surface area contributed by atoms with E-state index >= 15 is 0 Å². The molecule has 0 saturated carbocycles. The lowest BCUT2D eigenvalue weighted by Gasteiger charge is -2.34. The lowest BCUT2D eigenvalue weighted by atomic mass is 9.95. The number of urea groups is 1. The van der Waals surface area contributed by atoms with Crippen LogP contribution in [-0.4, -0.2) is 36.7 Å². The molecule has 0 spiro atoms. The van der Waals surface area contributed by atoms with Gasteiger partial charge >= 0.3 is 6.03 Å². The van der Waals surface area contributed by atoms with E-state index in [1.807, 2.05) is 0 Å². The second kappa shape index (κ2) is 8.93. The number of nitrogens with one attached hydrogen (secondary N) is 2. The Morgan fingerprint density at radius 3 is 1.93 bits per heavy atom. The molecule has 0 unspecified atom stereocenters. The maximum absolute atomic E-state index is 12.5. The van der Waals surface area contributed by atoms with Crippen LogP contribution in [0.25, 0.3) is 0 Å². The van der Waals surface area contributed by atoms with Gasteiger partial charge < -0.3 is 14.2 Å². The molecule has 0 radical (unpaired) electrons. The second-order valence-electron chi connectivity index (χ2n) is 6.14. The van der Waals surface area contributed by atoms with E-state index in [9.17, 15) is 14.4 Å². The molecule has 1 heterocycles. The van der Waals surface area contributed by atoms with Gasteiger partial charge in [-0.3, -0.25) is 20.2 Å². The van der Waals surface area contributed by atoms with Crippen molar-refractivity contribution in [3.8, 4) is 17.2 Å². The van der Waals surface area contributed by atoms with Crippen LogP contribution >= 0.6 is 11.6 Å². The van der Waals surface area contributed by atoms with Gasteiger partial charge in [0.1, 0.15) is 17.2 Å². The minimum atomic E-state index is -1.92. The molecular formula is C20H19ClN2O6. The minimum Gasteiger partial charge on any atom is -0.467 e. The van der Waals surface area contributed by atoms with Crippen molar-refractivity contribution in [2.24, 2.45) is 0 Å². The monoisotopic (exact) mass is 418 g/mol. The summed E-state index contributed by atoms with van der Waals surface area (Å²) < 4.78 is 16.7. The Morgan fingerprint density at radius 2 is 1.38 bits per heavy atom. The predicted octanol–water partition coefficient (Wildman–Crippen LogP) is 3.04. The summed E-state index contributed by atoms with van der Waals surface area (Å²) in [5.74, 6) is -0.305. The Labute approximate surface area is 172 Å². The number of imide groups is 2. The van der Waals surface area contributed by atoms with Crippen LogP contribution in [0.1, 0.15) is 13.3 Å². The molecule has 1 aliphatic heterocycles. The number of carbonyl (C=O) groups excluding carboxylic acids is 3. The van der Waals surface area contributed by atoms with Crippen molar-refractivity contribution in [2.75, 3.05) is 13.2 Å². The van der Waals surface area contributed by atoms with Crippen LogP contribution in [0.5, 0.6) is 17.2 Å². The quantitative estimate of drug-likeness (QED) is 0.504. The molecule has 4 amide bonds. The lowest BCUT2D eigenvalue weighted by Crippen LogP contribution is -2.69. The SMILES string of the molecule is CCOCCC1(Oc2ccc(Oc3ccc(Cl)cc3)cc2)C(=O)NC(=O)NC1=O. The summed E-state index contributed by atoms with van der Waals surface area (Å²) in [6.45, 7) is 2.30. The first kappa shape index (κ1) is 20.6. The van der Waals surface area contributed by atoms with Gasteiger partial charge in [-0.25, -0.2) is 4.79 Å². The molecule has 2 N–H and O–H groups in total. The van der Waals surface area contributed by atoms with Gasteiger partial charge in [-0.1, -0.05) is 11.6 Å². The Balaban J connectivity index is 1.76. The third-order valence-corrected chi connectivity index (χ3v) is 4.41. The van der Waals surface area contributed by atoms with Gasteiger partial charge in [0, 0.05) is 18.1 Å². The van der Waals surface area contributed by atoms with Crippen molar-refractivity contribution in [1.29, 1.82) is 0 Å². The summed E-state index contributed by atoms with van der Waals surface area (Å²) in [5.41, 5.74) is -1.92. The van der Waals surface area contributed by atoms with Crippen LogP contribution in [0.2, 0.25) is 5.02 Å². The second-order valence-corrected chi connectivity index (χ2v) is 6.58. The van der Waals surface area contributed by atoms with Gasteiger partial charge in [-0.2, -0.15) is 0 Å². The van der Waals surface area contributed by atoms with E-state index in [4.69, 9.17) is 25.8 Å². The zero-order chi connectivity index (χ0) is 20.9. The number of carbonyl (C=O) groups is 3. The van der Waals surface area contributed by atoms with E-state index in [0.29, 0.717) is 23.1 Å².